The van der Waals surface area contributed by atoms with Gasteiger partial charge >= 0.3 is 5.97 Å². The quantitative estimate of drug-likeness (QED) is 0.759. The number of aliphatic carboxylic acids is 1. The molecule has 2 saturated heterocycles. The zero-order valence-corrected chi connectivity index (χ0v) is 11.4. The molecule has 2 aliphatic heterocycles. The Kier molecular flexibility index (Phi) is 5.01. The topological polar surface area (TPSA) is 52.6 Å². The van der Waals surface area contributed by atoms with Crippen LogP contribution in [-0.2, 0) is 4.79 Å². The molecule has 0 spiro atoms. The zero-order valence-electron chi connectivity index (χ0n) is 11.4. The normalized spacial score (nSPS) is 30.1. The molecule has 0 aliphatic carbocycles. The number of carboxylic acids is 1. The minimum absolute atomic E-state index is 0.345. The second-order valence-electron chi connectivity index (χ2n) is 5.75. The van der Waals surface area contributed by atoms with Crippen LogP contribution in [0, 0.1) is 0 Å². The van der Waals surface area contributed by atoms with Gasteiger partial charge in [-0.3, -0.25) is 4.79 Å². The van der Waals surface area contributed by atoms with E-state index in [4.69, 9.17) is 0 Å². The van der Waals surface area contributed by atoms with Crippen LogP contribution in [0.15, 0.2) is 0 Å². The largest absolute Gasteiger partial charge is 0.480 e. The Morgan fingerprint density at radius 2 is 2.28 bits per heavy atom. The van der Waals surface area contributed by atoms with Crippen LogP contribution in [0.2, 0.25) is 0 Å². The summed E-state index contributed by atoms with van der Waals surface area (Å²) in [6.07, 6.45) is 7.66. The first-order valence-electron chi connectivity index (χ1n) is 7.43. The number of unbranched alkanes of at least 4 members (excludes halogenated alkanes) is 1. The van der Waals surface area contributed by atoms with Crippen molar-refractivity contribution < 1.29 is 9.90 Å². The fraction of sp³-hybridized carbons (Fsp3) is 0.929. The highest BCUT2D eigenvalue weighted by molar-refractivity contribution is 5.73. The lowest BCUT2D eigenvalue weighted by Crippen LogP contribution is -2.50. The van der Waals surface area contributed by atoms with Crippen molar-refractivity contribution in [2.75, 3.05) is 13.1 Å². The van der Waals surface area contributed by atoms with Gasteiger partial charge in [-0.2, -0.15) is 0 Å². The van der Waals surface area contributed by atoms with E-state index in [0.717, 1.165) is 38.6 Å². The van der Waals surface area contributed by atoms with E-state index < -0.39 is 5.97 Å². The van der Waals surface area contributed by atoms with Crippen molar-refractivity contribution in [1.82, 2.24) is 10.2 Å². The maximum Gasteiger partial charge on any atom is 0.320 e. The summed E-state index contributed by atoms with van der Waals surface area (Å²) in [5, 5.41) is 12.6. The summed E-state index contributed by atoms with van der Waals surface area (Å²) in [4.78, 5) is 13.8. The van der Waals surface area contributed by atoms with Crippen molar-refractivity contribution in [2.24, 2.45) is 0 Å². The van der Waals surface area contributed by atoms with Crippen LogP contribution in [0.5, 0.6) is 0 Å². The third-order valence-electron chi connectivity index (χ3n) is 4.40. The molecule has 4 heteroatoms. The summed E-state index contributed by atoms with van der Waals surface area (Å²) < 4.78 is 0. The Morgan fingerprint density at radius 1 is 1.44 bits per heavy atom. The first kappa shape index (κ1) is 13.8. The molecule has 2 rings (SSSR count). The molecule has 0 radical (unpaired) electrons. The summed E-state index contributed by atoms with van der Waals surface area (Å²) in [6.45, 7) is 4.49. The molecule has 2 heterocycles. The van der Waals surface area contributed by atoms with Crippen molar-refractivity contribution in [3.8, 4) is 0 Å². The maximum absolute atomic E-state index is 11.2. The molecule has 0 aromatic rings. The highest BCUT2D eigenvalue weighted by atomic mass is 16.4. The lowest BCUT2D eigenvalue weighted by atomic mass is 9.96. The molecule has 3 atom stereocenters. The van der Waals surface area contributed by atoms with E-state index in [1.54, 1.807) is 0 Å². The molecule has 0 aromatic carbocycles. The van der Waals surface area contributed by atoms with E-state index >= 15 is 0 Å². The standard InChI is InChI=1S/C14H26N2O2/c1-2-3-6-13(14(17)18)15-11-7-9-16-8-4-5-12(16)10-11/h11-13,15H,2-10H2,1H3,(H,17,18). The van der Waals surface area contributed by atoms with E-state index in [0.29, 0.717) is 12.1 Å². The highest BCUT2D eigenvalue weighted by Crippen LogP contribution is 2.27. The number of carbonyl (C=O) groups is 1. The highest BCUT2D eigenvalue weighted by Gasteiger charge is 2.33. The van der Waals surface area contributed by atoms with Crippen LogP contribution in [0.3, 0.4) is 0 Å². The summed E-state index contributed by atoms with van der Waals surface area (Å²) in [6, 6.07) is 0.766. The van der Waals surface area contributed by atoms with Gasteiger partial charge < -0.3 is 15.3 Å². The van der Waals surface area contributed by atoms with Crippen LogP contribution in [-0.4, -0.2) is 47.2 Å². The second-order valence-corrected chi connectivity index (χ2v) is 5.75. The summed E-state index contributed by atoms with van der Waals surface area (Å²) in [5.41, 5.74) is 0. The molecule has 18 heavy (non-hydrogen) atoms. The molecule has 2 fully saturated rings. The minimum Gasteiger partial charge on any atom is -0.480 e. The third kappa shape index (κ3) is 3.45. The van der Waals surface area contributed by atoms with Crippen LogP contribution in [0.25, 0.3) is 0 Å². The minimum atomic E-state index is -0.683. The van der Waals surface area contributed by atoms with Gasteiger partial charge in [-0.05, 0) is 45.2 Å². The first-order chi connectivity index (χ1) is 8.70. The molecular formula is C14H26N2O2. The fourth-order valence-corrected chi connectivity index (χ4v) is 3.35. The Morgan fingerprint density at radius 3 is 3.00 bits per heavy atom. The van der Waals surface area contributed by atoms with E-state index in [2.05, 4.69) is 17.1 Å². The number of nitrogens with one attached hydrogen (secondary N) is 1. The van der Waals surface area contributed by atoms with Crippen LogP contribution in [0.1, 0.15) is 51.9 Å². The molecule has 0 aromatic heterocycles. The Balaban J connectivity index is 1.81. The Labute approximate surface area is 110 Å². The van der Waals surface area contributed by atoms with Gasteiger partial charge in [0.05, 0.1) is 0 Å². The number of carboxylic acid groups (broad SMARTS) is 1. The first-order valence-corrected chi connectivity index (χ1v) is 7.43. The number of fused-ring (bicyclic) bond motifs is 1. The smallest absolute Gasteiger partial charge is 0.320 e. The summed E-state index contributed by atoms with van der Waals surface area (Å²) >= 11 is 0. The molecule has 104 valence electrons. The predicted molar refractivity (Wildman–Crippen MR) is 71.7 cm³/mol. The molecule has 0 saturated carbocycles. The van der Waals surface area contributed by atoms with Crippen molar-refractivity contribution in [3.63, 3.8) is 0 Å². The lowest BCUT2D eigenvalue weighted by molar-refractivity contribution is -0.140. The fourth-order valence-electron chi connectivity index (χ4n) is 3.35. The Hall–Kier alpha value is -0.610. The van der Waals surface area contributed by atoms with Gasteiger partial charge in [0.1, 0.15) is 6.04 Å². The second kappa shape index (κ2) is 6.53. The van der Waals surface area contributed by atoms with Crippen LogP contribution < -0.4 is 5.32 Å². The summed E-state index contributed by atoms with van der Waals surface area (Å²) in [5.74, 6) is -0.683. The van der Waals surface area contributed by atoms with Gasteiger partial charge in [0, 0.05) is 12.1 Å². The number of piperidine rings is 1. The van der Waals surface area contributed by atoms with Crippen LogP contribution in [0.4, 0.5) is 0 Å². The Bertz CT molecular complexity index is 283. The van der Waals surface area contributed by atoms with Crippen molar-refractivity contribution >= 4 is 5.97 Å². The molecule has 2 aliphatic rings. The van der Waals surface area contributed by atoms with Crippen molar-refractivity contribution in [1.29, 1.82) is 0 Å². The number of rotatable bonds is 6. The lowest BCUT2D eigenvalue weighted by Gasteiger charge is -2.36. The SMILES string of the molecule is CCCCC(NC1CCN2CCCC2C1)C(=O)O. The van der Waals surface area contributed by atoms with Crippen molar-refractivity contribution in [2.45, 2.75) is 70.0 Å². The molecule has 0 bridgehead atoms. The molecule has 0 amide bonds. The number of hydrogen-bond donors (Lipinski definition) is 2. The average Bonchev–Trinajstić information content (AvgIpc) is 2.81. The van der Waals surface area contributed by atoms with E-state index in [1.807, 2.05) is 0 Å². The average molecular weight is 254 g/mol. The van der Waals surface area contributed by atoms with Gasteiger partial charge in [0.2, 0.25) is 0 Å². The van der Waals surface area contributed by atoms with Gasteiger partial charge in [-0.1, -0.05) is 19.8 Å². The molecule has 3 unspecified atom stereocenters. The molecule has 2 N–H and O–H groups in total. The maximum atomic E-state index is 11.2. The zero-order chi connectivity index (χ0) is 13.0. The van der Waals surface area contributed by atoms with E-state index in [9.17, 15) is 9.90 Å². The number of nitrogens with zero attached hydrogens (tertiary/aromatic N) is 1. The van der Waals surface area contributed by atoms with Crippen molar-refractivity contribution in [3.05, 3.63) is 0 Å². The van der Waals surface area contributed by atoms with Crippen LogP contribution >= 0.6 is 0 Å². The predicted octanol–water partition coefficient (Wildman–Crippen LogP) is 1.85. The third-order valence-corrected chi connectivity index (χ3v) is 4.40. The van der Waals surface area contributed by atoms with Gasteiger partial charge in [0.15, 0.2) is 0 Å². The number of hydrogen-bond acceptors (Lipinski definition) is 3. The molecule has 4 nitrogen and oxygen atoms in total. The van der Waals surface area contributed by atoms with E-state index in [-0.39, 0.29) is 6.04 Å². The summed E-state index contributed by atoms with van der Waals surface area (Å²) in [7, 11) is 0. The van der Waals surface area contributed by atoms with E-state index in [1.165, 1.54) is 19.4 Å². The van der Waals surface area contributed by atoms with Gasteiger partial charge in [-0.15, -0.1) is 0 Å². The molecular weight excluding hydrogens is 228 g/mol. The van der Waals surface area contributed by atoms with Gasteiger partial charge in [-0.25, -0.2) is 0 Å². The van der Waals surface area contributed by atoms with Gasteiger partial charge in [0.25, 0.3) is 0 Å². The monoisotopic (exact) mass is 254 g/mol.